The molecular weight excluding hydrogens is 258 g/mol. The highest BCUT2D eigenvalue weighted by molar-refractivity contribution is 5.95. The van der Waals surface area contributed by atoms with Crippen molar-refractivity contribution in [3.8, 4) is 5.75 Å². The predicted octanol–water partition coefficient (Wildman–Crippen LogP) is 0.773. The van der Waals surface area contributed by atoms with E-state index in [1.165, 1.54) is 0 Å². The quantitative estimate of drug-likeness (QED) is 0.717. The molecule has 0 spiro atoms. The van der Waals surface area contributed by atoms with Crippen LogP contribution >= 0.6 is 0 Å². The molecule has 6 nitrogen and oxygen atoms in total. The first-order valence-corrected chi connectivity index (χ1v) is 6.64. The van der Waals surface area contributed by atoms with Crippen molar-refractivity contribution in [3.05, 3.63) is 29.8 Å². The molecule has 108 valence electrons. The molecule has 1 aliphatic rings. The van der Waals surface area contributed by atoms with Crippen LogP contribution in [0.2, 0.25) is 0 Å². The number of benzene rings is 1. The molecule has 0 unspecified atom stereocenters. The van der Waals surface area contributed by atoms with Crippen LogP contribution in [0.4, 0.5) is 4.79 Å². The monoisotopic (exact) mass is 277 g/mol. The molecule has 1 aromatic carbocycles. The molecule has 0 aliphatic heterocycles. The van der Waals surface area contributed by atoms with Crippen LogP contribution in [0.3, 0.4) is 0 Å². The van der Waals surface area contributed by atoms with Gasteiger partial charge in [0.15, 0.2) is 6.61 Å². The number of carbonyl (C=O) groups excluding carboxylic acids is 2. The maximum absolute atomic E-state index is 11.5. The van der Waals surface area contributed by atoms with E-state index in [1.54, 1.807) is 6.07 Å². The van der Waals surface area contributed by atoms with E-state index in [1.807, 2.05) is 25.2 Å². The van der Waals surface area contributed by atoms with E-state index < -0.39 is 11.9 Å². The summed E-state index contributed by atoms with van der Waals surface area (Å²) in [6.45, 7) is 0.550. The van der Waals surface area contributed by atoms with Gasteiger partial charge in [0.1, 0.15) is 5.75 Å². The Kier molecular flexibility index (Phi) is 4.95. The number of hydrogen-bond acceptors (Lipinski definition) is 4. The summed E-state index contributed by atoms with van der Waals surface area (Å²) in [5.41, 5.74) is 1.07. The van der Waals surface area contributed by atoms with E-state index in [2.05, 4.69) is 16.0 Å². The average Bonchev–Trinajstić information content (AvgIpc) is 3.21. The van der Waals surface area contributed by atoms with Crippen molar-refractivity contribution in [2.24, 2.45) is 0 Å². The van der Waals surface area contributed by atoms with Crippen LogP contribution in [0.5, 0.6) is 5.75 Å². The Labute approximate surface area is 117 Å². The molecule has 0 saturated heterocycles. The number of urea groups is 1. The third kappa shape index (κ3) is 4.89. The Morgan fingerprint density at radius 1 is 1.35 bits per heavy atom. The van der Waals surface area contributed by atoms with Crippen LogP contribution < -0.4 is 20.7 Å². The van der Waals surface area contributed by atoms with Crippen molar-refractivity contribution in [3.63, 3.8) is 0 Å². The van der Waals surface area contributed by atoms with Gasteiger partial charge in [-0.05, 0) is 37.6 Å². The van der Waals surface area contributed by atoms with Gasteiger partial charge in [0.05, 0.1) is 0 Å². The molecule has 6 heteroatoms. The first kappa shape index (κ1) is 14.3. The zero-order valence-electron chi connectivity index (χ0n) is 11.4. The van der Waals surface area contributed by atoms with Crippen molar-refractivity contribution < 1.29 is 14.3 Å². The lowest BCUT2D eigenvalue weighted by Gasteiger charge is -2.08. The molecule has 3 N–H and O–H groups in total. The Balaban J connectivity index is 1.74. The first-order chi connectivity index (χ1) is 9.67. The van der Waals surface area contributed by atoms with E-state index in [9.17, 15) is 9.59 Å². The van der Waals surface area contributed by atoms with E-state index in [0.29, 0.717) is 5.75 Å². The first-order valence-electron chi connectivity index (χ1n) is 6.64. The molecule has 0 aromatic heterocycles. The number of imide groups is 1. The Morgan fingerprint density at radius 3 is 2.85 bits per heavy atom. The maximum Gasteiger partial charge on any atom is 0.321 e. The minimum Gasteiger partial charge on any atom is -0.484 e. The Morgan fingerprint density at radius 2 is 2.15 bits per heavy atom. The topological polar surface area (TPSA) is 79.5 Å². The number of hydrogen-bond donors (Lipinski definition) is 3. The van der Waals surface area contributed by atoms with Crippen LogP contribution in [-0.2, 0) is 11.3 Å². The minimum atomic E-state index is -0.456. The van der Waals surface area contributed by atoms with Gasteiger partial charge < -0.3 is 15.4 Å². The maximum atomic E-state index is 11.5. The van der Waals surface area contributed by atoms with Gasteiger partial charge in [-0.25, -0.2) is 4.79 Å². The highest BCUT2D eigenvalue weighted by atomic mass is 16.5. The summed E-state index contributed by atoms with van der Waals surface area (Å²) in [4.78, 5) is 22.9. The molecule has 1 saturated carbocycles. The number of nitrogens with one attached hydrogen (secondary N) is 3. The van der Waals surface area contributed by atoms with Gasteiger partial charge in [-0.3, -0.25) is 10.1 Å². The highest BCUT2D eigenvalue weighted by Crippen LogP contribution is 2.18. The van der Waals surface area contributed by atoms with Crippen LogP contribution in [0.1, 0.15) is 18.4 Å². The molecule has 1 aromatic rings. The third-order valence-electron chi connectivity index (χ3n) is 2.81. The second-order valence-electron chi connectivity index (χ2n) is 4.76. The number of ether oxygens (including phenoxy) is 1. The predicted molar refractivity (Wildman–Crippen MR) is 74.4 cm³/mol. The fourth-order valence-corrected chi connectivity index (χ4v) is 1.71. The van der Waals surface area contributed by atoms with Gasteiger partial charge in [-0.1, -0.05) is 12.1 Å². The van der Waals surface area contributed by atoms with Gasteiger partial charge in [0.25, 0.3) is 5.91 Å². The summed E-state index contributed by atoms with van der Waals surface area (Å²) >= 11 is 0. The summed E-state index contributed by atoms with van der Waals surface area (Å²) in [5, 5.41) is 7.95. The fourth-order valence-electron chi connectivity index (χ4n) is 1.71. The molecule has 1 fully saturated rings. The molecule has 0 heterocycles. The molecule has 0 atom stereocenters. The smallest absolute Gasteiger partial charge is 0.321 e. The van der Waals surface area contributed by atoms with Gasteiger partial charge in [-0.2, -0.15) is 0 Å². The van der Waals surface area contributed by atoms with Crippen molar-refractivity contribution in [1.29, 1.82) is 0 Å². The zero-order chi connectivity index (χ0) is 14.4. The minimum absolute atomic E-state index is 0.179. The van der Waals surface area contributed by atoms with Crippen LogP contribution in [0.25, 0.3) is 0 Å². The van der Waals surface area contributed by atoms with Crippen LogP contribution in [0, 0.1) is 0 Å². The van der Waals surface area contributed by atoms with Gasteiger partial charge in [-0.15, -0.1) is 0 Å². The number of carbonyl (C=O) groups is 2. The van der Waals surface area contributed by atoms with E-state index in [4.69, 9.17) is 4.74 Å². The molecule has 3 amide bonds. The Hall–Kier alpha value is -2.08. The molecular formula is C14H19N3O3. The number of rotatable bonds is 6. The third-order valence-corrected chi connectivity index (χ3v) is 2.81. The molecule has 0 bridgehead atoms. The van der Waals surface area contributed by atoms with Gasteiger partial charge in [0.2, 0.25) is 0 Å². The summed E-state index contributed by atoms with van der Waals surface area (Å²) in [7, 11) is 1.86. The highest BCUT2D eigenvalue weighted by Gasteiger charge is 2.23. The molecule has 1 aliphatic carbocycles. The van der Waals surface area contributed by atoms with Crippen molar-refractivity contribution in [2.45, 2.75) is 25.4 Å². The normalized spacial score (nSPS) is 13.7. The van der Waals surface area contributed by atoms with E-state index in [0.717, 1.165) is 24.9 Å². The molecule has 0 radical (unpaired) electrons. The van der Waals surface area contributed by atoms with Gasteiger partial charge in [0, 0.05) is 12.6 Å². The largest absolute Gasteiger partial charge is 0.484 e. The summed E-state index contributed by atoms with van der Waals surface area (Å²) in [5.74, 6) is 0.151. The Bertz CT molecular complexity index is 486. The summed E-state index contributed by atoms with van der Waals surface area (Å²) in [6.07, 6.45) is 1.97. The standard InChI is InChI=1S/C14H19N3O3/c1-15-8-10-3-2-4-12(7-10)20-9-13(18)17-14(19)16-11-5-6-11/h2-4,7,11,15H,5-6,8-9H2,1H3,(H2,16,17,18,19). The van der Waals surface area contributed by atoms with Crippen LogP contribution in [-0.4, -0.2) is 31.6 Å². The summed E-state index contributed by atoms with van der Waals surface area (Å²) in [6, 6.07) is 7.23. The average molecular weight is 277 g/mol. The van der Waals surface area contributed by atoms with Crippen molar-refractivity contribution in [2.75, 3.05) is 13.7 Å². The molecule has 20 heavy (non-hydrogen) atoms. The zero-order valence-corrected chi connectivity index (χ0v) is 11.4. The van der Waals surface area contributed by atoms with Crippen molar-refractivity contribution in [1.82, 2.24) is 16.0 Å². The lowest BCUT2D eigenvalue weighted by Crippen LogP contribution is -2.42. The van der Waals surface area contributed by atoms with E-state index in [-0.39, 0.29) is 12.6 Å². The lowest BCUT2D eigenvalue weighted by atomic mass is 10.2. The SMILES string of the molecule is CNCc1cccc(OCC(=O)NC(=O)NC2CC2)c1. The lowest BCUT2D eigenvalue weighted by molar-refractivity contribution is -0.122. The second kappa shape index (κ2) is 6.91. The summed E-state index contributed by atoms with van der Waals surface area (Å²) < 4.78 is 5.36. The fraction of sp³-hybridized carbons (Fsp3) is 0.429. The number of amides is 3. The van der Waals surface area contributed by atoms with Gasteiger partial charge >= 0.3 is 6.03 Å². The van der Waals surface area contributed by atoms with Crippen molar-refractivity contribution >= 4 is 11.9 Å². The van der Waals surface area contributed by atoms with E-state index >= 15 is 0 Å². The second-order valence-corrected chi connectivity index (χ2v) is 4.76. The molecule has 2 rings (SSSR count). The van der Waals surface area contributed by atoms with Crippen LogP contribution in [0.15, 0.2) is 24.3 Å².